The van der Waals surface area contributed by atoms with E-state index in [0.717, 1.165) is 16.2 Å². The van der Waals surface area contributed by atoms with E-state index in [9.17, 15) is 18.3 Å². The second-order valence-electron chi connectivity index (χ2n) is 6.88. The van der Waals surface area contributed by atoms with E-state index in [2.05, 4.69) is 9.82 Å². The molecule has 1 aliphatic carbocycles. The van der Waals surface area contributed by atoms with Gasteiger partial charge >= 0.3 is 5.97 Å². The van der Waals surface area contributed by atoms with Gasteiger partial charge in [0.2, 0.25) is 10.0 Å². The highest BCUT2D eigenvalue weighted by Gasteiger charge is 2.63. The molecule has 3 atom stereocenters. The summed E-state index contributed by atoms with van der Waals surface area (Å²) in [5, 5.41) is 14.6. The molecule has 0 spiro atoms. The van der Waals surface area contributed by atoms with Crippen molar-refractivity contribution in [3.63, 3.8) is 0 Å². The van der Waals surface area contributed by atoms with Gasteiger partial charge in [-0.25, -0.2) is 13.1 Å². The van der Waals surface area contributed by atoms with Crippen LogP contribution in [0.15, 0.2) is 48.8 Å². The van der Waals surface area contributed by atoms with Gasteiger partial charge in [-0.3, -0.25) is 4.79 Å². The smallest absolute Gasteiger partial charge is 0.325 e. The number of carboxylic acid groups (broad SMARTS) is 1. The fraction of sp³-hybridized carbons (Fsp3) is 0.333. The Hall–Kier alpha value is -2.10. The van der Waals surface area contributed by atoms with E-state index in [4.69, 9.17) is 0 Å². The zero-order valence-corrected chi connectivity index (χ0v) is 16.2. The van der Waals surface area contributed by atoms with E-state index >= 15 is 0 Å². The predicted molar refractivity (Wildman–Crippen MR) is 103 cm³/mol. The van der Waals surface area contributed by atoms with Gasteiger partial charge in [-0.15, -0.1) is 0 Å². The monoisotopic (exact) mass is 405 g/mol. The number of nitrogens with one attached hydrogen (secondary N) is 1. The Balaban J connectivity index is 1.51. The molecule has 7 nitrogen and oxygen atoms in total. The lowest BCUT2D eigenvalue weighted by molar-refractivity contribution is -0.140. The number of nitrogens with zero attached hydrogens (tertiary/aromatic N) is 2. The molecule has 2 N–H and O–H groups in total. The van der Waals surface area contributed by atoms with Crippen molar-refractivity contribution in [1.29, 1.82) is 0 Å². The number of allylic oxidation sites excluding steroid dienone is 1. The molecule has 1 unspecified atom stereocenters. The van der Waals surface area contributed by atoms with Crippen LogP contribution in [0.25, 0.3) is 5.03 Å². The van der Waals surface area contributed by atoms with Crippen LogP contribution in [-0.2, 0) is 14.8 Å². The van der Waals surface area contributed by atoms with E-state index in [1.165, 1.54) is 11.8 Å². The quantitative estimate of drug-likeness (QED) is 0.765. The fourth-order valence-electron chi connectivity index (χ4n) is 3.36. The number of benzene rings is 1. The molecule has 2 aliphatic rings. The number of aryl methyl sites for hydroxylation is 1. The largest absolute Gasteiger partial charge is 0.480 e. The first-order valence-corrected chi connectivity index (χ1v) is 10.9. The van der Waals surface area contributed by atoms with Crippen molar-refractivity contribution >= 4 is 32.8 Å². The van der Waals surface area contributed by atoms with Crippen molar-refractivity contribution in [3.05, 3.63) is 59.9 Å². The minimum Gasteiger partial charge on any atom is -0.480 e. The Labute approximate surface area is 161 Å². The molecule has 2 heterocycles. The van der Waals surface area contributed by atoms with Crippen molar-refractivity contribution in [2.24, 2.45) is 0 Å². The van der Waals surface area contributed by atoms with Crippen molar-refractivity contribution in [2.45, 2.75) is 35.8 Å². The average molecular weight is 406 g/mol. The Bertz CT molecular complexity index is 1020. The average Bonchev–Trinajstić information content (AvgIpc) is 2.98. The molecule has 1 aliphatic heterocycles. The molecule has 1 aromatic carbocycles. The zero-order chi connectivity index (χ0) is 19.2. The van der Waals surface area contributed by atoms with Gasteiger partial charge in [0.05, 0.1) is 11.2 Å². The van der Waals surface area contributed by atoms with Crippen molar-refractivity contribution < 1.29 is 18.3 Å². The number of rotatable bonds is 6. The number of sulfonamides is 1. The number of carbonyl (C=O) groups is 1. The van der Waals surface area contributed by atoms with Gasteiger partial charge in [0.1, 0.15) is 10.1 Å². The molecule has 9 heteroatoms. The molecule has 0 amide bonds. The van der Waals surface area contributed by atoms with Crippen LogP contribution in [0.4, 0.5) is 0 Å². The number of aliphatic carboxylic acids is 1. The summed E-state index contributed by atoms with van der Waals surface area (Å²) in [6.45, 7) is 1.91. The van der Waals surface area contributed by atoms with E-state index < -0.39 is 26.1 Å². The lowest BCUT2D eigenvalue weighted by atomic mass is 10.1. The Kier molecular flexibility index (Phi) is 4.40. The topological polar surface area (TPSA) is 101 Å². The van der Waals surface area contributed by atoms with Crippen molar-refractivity contribution in [1.82, 2.24) is 14.5 Å². The molecule has 1 aromatic heterocycles. The molecule has 1 fully saturated rings. The van der Waals surface area contributed by atoms with Gasteiger partial charge in [-0.05, 0) is 37.0 Å². The second kappa shape index (κ2) is 6.50. The number of hydrogen-bond acceptors (Lipinski definition) is 5. The van der Waals surface area contributed by atoms with Crippen LogP contribution in [0.2, 0.25) is 0 Å². The van der Waals surface area contributed by atoms with Gasteiger partial charge in [0.15, 0.2) is 0 Å². The molecular formula is C18H19N3O4S2. The summed E-state index contributed by atoms with van der Waals surface area (Å²) in [5.41, 5.74) is 0.341. The Morgan fingerprint density at radius 2 is 2.11 bits per heavy atom. The summed E-state index contributed by atoms with van der Waals surface area (Å²) < 4.78 is 29.2. The third kappa shape index (κ3) is 3.30. The zero-order valence-electron chi connectivity index (χ0n) is 14.6. The van der Waals surface area contributed by atoms with E-state index in [-0.39, 0.29) is 12.3 Å². The first-order valence-electron chi connectivity index (χ1n) is 8.51. The van der Waals surface area contributed by atoms with Crippen LogP contribution in [-0.4, -0.2) is 39.4 Å². The maximum atomic E-state index is 12.9. The molecule has 2 aromatic rings. The van der Waals surface area contributed by atoms with Crippen molar-refractivity contribution in [2.75, 3.05) is 0 Å². The fourth-order valence-corrected chi connectivity index (χ4v) is 6.47. The molecular weight excluding hydrogens is 386 g/mol. The minimum atomic E-state index is -3.84. The molecule has 0 radical (unpaired) electrons. The van der Waals surface area contributed by atoms with Gasteiger partial charge < -0.3 is 5.11 Å². The number of hydrogen-bond donors (Lipinski definition) is 2. The number of aromatic nitrogens is 2. The van der Waals surface area contributed by atoms with Gasteiger partial charge in [-0.1, -0.05) is 42.1 Å². The summed E-state index contributed by atoms with van der Waals surface area (Å²) in [4.78, 5) is 11.9. The minimum absolute atomic E-state index is 0.252. The summed E-state index contributed by atoms with van der Waals surface area (Å²) in [6, 6.07) is 9.15. The van der Waals surface area contributed by atoms with Crippen LogP contribution in [0.3, 0.4) is 0 Å². The van der Waals surface area contributed by atoms with Gasteiger partial charge in [-0.2, -0.15) is 9.82 Å². The molecule has 27 heavy (non-hydrogen) atoms. The molecule has 4 rings (SSSR count). The standard InChI is InChI=1S/C18H19N3O4S2/c1-12-10-19-21(11-12)15-7-8-16(26-15)27(24,25)20-18(17(22)23)9-14(18)13-5-3-2-4-6-13/h2-7,10-11,14,16,20H,8-9H2,1H3,(H,22,23)/t14-,16?,18+/m1/s1. The Morgan fingerprint density at radius 3 is 2.74 bits per heavy atom. The van der Waals surface area contributed by atoms with E-state index in [1.807, 2.05) is 49.5 Å². The van der Waals surface area contributed by atoms with Crippen LogP contribution in [0, 0.1) is 6.92 Å². The normalized spacial score (nSPS) is 27.4. The third-order valence-corrected chi connectivity index (χ3v) is 8.52. The summed E-state index contributed by atoms with van der Waals surface area (Å²) in [6.07, 6.45) is 5.90. The lowest BCUT2D eigenvalue weighted by Gasteiger charge is -2.19. The van der Waals surface area contributed by atoms with Crippen LogP contribution >= 0.6 is 11.8 Å². The SMILES string of the molecule is Cc1cnn(C2=CCC(S(=O)(=O)N[C@@]3(C(=O)O)C[C@@H]3c3ccccc3)S2)c1. The Morgan fingerprint density at radius 1 is 1.37 bits per heavy atom. The predicted octanol–water partition coefficient (Wildman–Crippen LogP) is 2.38. The molecule has 0 bridgehead atoms. The summed E-state index contributed by atoms with van der Waals surface area (Å²) >= 11 is 1.18. The van der Waals surface area contributed by atoms with Crippen LogP contribution in [0.5, 0.6) is 0 Å². The van der Waals surface area contributed by atoms with E-state index in [1.54, 1.807) is 10.9 Å². The van der Waals surface area contributed by atoms with Gasteiger partial charge in [0.25, 0.3) is 0 Å². The molecule has 0 saturated heterocycles. The second-order valence-corrected chi connectivity index (χ2v) is 10.3. The molecule has 1 saturated carbocycles. The molecule has 142 valence electrons. The number of thioether (sulfide) groups is 1. The maximum Gasteiger partial charge on any atom is 0.325 e. The highest BCUT2D eigenvalue weighted by molar-refractivity contribution is 8.18. The first kappa shape index (κ1) is 18.3. The third-order valence-electron chi connectivity index (χ3n) is 4.89. The van der Waals surface area contributed by atoms with Crippen molar-refractivity contribution in [3.8, 4) is 0 Å². The number of carboxylic acids is 1. The van der Waals surface area contributed by atoms with Crippen LogP contribution < -0.4 is 4.72 Å². The summed E-state index contributed by atoms with van der Waals surface area (Å²) in [7, 11) is -3.84. The first-order chi connectivity index (χ1) is 12.8. The van der Waals surface area contributed by atoms with E-state index in [0.29, 0.717) is 6.42 Å². The summed E-state index contributed by atoms with van der Waals surface area (Å²) in [5.74, 6) is -1.50. The highest BCUT2D eigenvalue weighted by Crippen LogP contribution is 2.53. The maximum absolute atomic E-state index is 12.9. The highest BCUT2D eigenvalue weighted by atomic mass is 32.3. The van der Waals surface area contributed by atoms with Gasteiger partial charge in [0, 0.05) is 12.1 Å². The van der Waals surface area contributed by atoms with Crippen LogP contribution in [0.1, 0.15) is 29.9 Å². The lowest BCUT2D eigenvalue weighted by Crippen LogP contribution is -2.47.